The van der Waals surface area contributed by atoms with Crippen LogP contribution in [-0.4, -0.2) is 59.0 Å². The Morgan fingerprint density at radius 2 is 2.12 bits per heavy atom. The lowest BCUT2D eigenvalue weighted by Crippen LogP contribution is -2.49. The van der Waals surface area contributed by atoms with Crippen LogP contribution in [0.4, 0.5) is 4.79 Å². The number of piperidine rings is 1. The molecule has 0 bridgehead atoms. The van der Waals surface area contributed by atoms with Crippen LogP contribution >= 0.6 is 24.0 Å². The van der Waals surface area contributed by atoms with E-state index in [-0.39, 0.29) is 30.1 Å². The molecule has 2 N–H and O–H groups in total. The van der Waals surface area contributed by atoms with Crippen LogP contribution in [0.2, 0.25) is 0 Å². The van der Waals surface area contributed by atoms with Gasteiger partial charge in [0.1, 0.15) is 0 Å². The van der Waals surface area contributed by atoms with E-state index in [1.165, 1.54) is 0 Å². The summed E-state index contributed by atoms with van der Waals surface area (Å²) in [6.45, 7) is 7.10. The van der Waals surface area contributed by atoms with E-state index >= 15 is 0 Å². The van der Waals surface area contributed by atoms with Gasteiger partial charge in [-0.2, -0.15) is 5.10 Å². The Morgan fingerprint density at radius 1 is 1.40 bits per heavy atom. The molecule has 0 unspecified atom stereocenters. The van der Waals surface area contributed by atoms with Crippen molar-refractivity contribution in [3.8, 4) is 0 Å². The highest BCUT2D eigenvalue weighted by Crippen LogP contribution is 2.11. The molecule has 1 amide bonds. The maximum Gasteiger partial charge on any atom is 0.409 e. The predicted octanol–water partition coefficient (Wildman–Crippen LogP) is 1.71. The quantitative estimate of drug-likeness (QED) is 0.394. The summed E-state index contributed by atoms with van der Waals surface area (Å²) < 4.78 is 6.82. The van der Waals surface area contributed by atoms with Gasteiger partial charge >= 0.3 is 6.09 Å². The van der Waals surface area contributed by atoms with Crippen LogP contribution in [0, 0.1) is 0 Å². The first-order valence-corrected chi connectivity index (χ1v) is 8.56. The summed E-state index contributed by atoms with van der Waals surface area (Å²) in [5.41, 5.74) is 1.08. The van der Waals surface area contributed by atoms with Gasteiger partial charge in [-0.1, -0.05) is 0 Å². The second-order valence-electron chi connectivity index (χ2n) is 5.82. The first kappa shape index (κ1) is 21.5. The molecule has 142 valence electrons. The molecule has 0 aliphatic carbocycles. The van der Waals surface area contributed by atoms with Crippen molar-refractivity contribution < 1.29 is 9.53 Å². The second kappa shape index (κ2) is 11.2. The average molecular weight is 464 g/mol. The molecule has 1 aliphatic rings. The number of likely N-dealkylation sites (tertiary alicyclic amines) is 1. The van der Waals surface area contributed by atoms with Gasteiger partial charge in [-0.3, -0.25) is 4.68 Å². The van der Waals surface area contributed by atoms with Crippen molar-refractivity contribution in [3.05, 3.63) is 18.0 Å². The Kier molecular flexibility index (Phi) is 9.61. The first-order valence-electron chi connectivity index (χ1n) is 8.56. The van der Waals surface area contributed by atoms with Crippen molar-refractivity contribution in [1.82, 2.24) is 25.3 Å². The summed E-state index contributed by atoms with van der Waals surface area (Å²) in [5.74, 6) is 0.802. The SMILES string of the molecule is CCNC(=NCc1cnn(C)c1)NC1CCN(C(=O)OCC)CC1.I. The lowest BCUT2D eigenvalue weighted by atomic mass is 10.1. The van der Waals surface area contributed by atoms with E-state index in [9.17, 15) is 4.79 Å². The van der Waals surface area contributed by atoms with Gasteiger partial charge < -0.3 is 20.3 Å². The van der Waals surface area contributed by atoms with E-state index in [0.29, 0.717) is 32.3 Å². The van der Waals surface area contributed by atoms with Crippen LogP contribution in [0.15, 0.2) is 17.4 Å². The van der Waals surface area contributed by atoms with E-state index < -0.39 is 0 Å². The van der Waals surface area contributed by atoms with Gasteiger partial charge in [0.15, 0.2) is 5.96 Å². The van der Waals surface area contributed by atoms with Crippen LogP contribution in [-0.2, 0) is 18.3 Å². The highest BCUT2D eigenvalue weighted by Gasteiger charge is 2.23. The summed E-state index contributed by atoms with van der Waals surface area (Å²) >= 11 is 0. The van der Waals surface area contributed by atoms with Crippen LogP contribution in [0.25, 0.3) is 0 Å². The monoisotopic (exact) mass is 464 g/mol. The summed E-state index contributed by atoms with van der Waals surface area (Å²) in [6.07, 6.45) is 5.34. The number of amides is 1. The van der Waals surface area contributed by atoms with Gasteiger partial charge in [-0.05, 0) is 26.7 Å². The number of aryl methyl sites for hydroxylation is 1. The zero-order chi connectivity index (χ0) is 17.4. The molecule has 1 saturated heterocycles. The van der Waals surface area contributed by atoms with Gasteiger partial charge in [-0.15, -0.1) is 24.0 Å². The molecule has 9 heteroatoms. The van der Waals surface area contributed by atoms with Crippen molar-refractivity contribution >= 4 is 36.0 Å². The van der Waals surface area contributed by atoms with Gasteiger partial charge in [0, 0.05) is 44.5 Å². The van der Waals surface area contributed by atoms with E-state index in [4.69, 9.17) is 4.74 Å². The zero-order valence-electron chi connectivity index (χ0n) is 15.2. The summed E-state index contributed by atoms with van der Waals surface area (Å²) in [6, 6.07) is 0.308. The molecule has 0 radical (unpaired) electrons. The topological polar surface area (TPSA) is 83.8 Å². The third-order valence-corrected chi connectivity index (χ3v) is 3.88. The number of ether oxygens (including phenoxy) is 1. The molecule has 2 heterocycles. The highest BCUT2D eigenvalue weighted by molar-refractivity contribution is 14.0. The number of hydrogen-bond donors (Lipinski definition) is 2. The molecule has 0 spiro atoms. The fourth-order valence-electron chi connectivity index (χ4n) is 2.66. The number of aliphatic imine (C=N–C) groups is 1. The summed E-state index contributed by atoms with van der Waals surface area (Å²) in [4.78, 5) is 18.1. The minimum Gasteiger partial charge on any atom is -0.450 e. The van der Waals surface area contributed by atoms with Crippen molar-refractivity contribution in [2.45, 2.75) is 39.3 Å². The third-order valence-electron chi connectivity index (χ3n) is 3.88. The Morgan fingerprint density at radius 3 is 2.68 bits per heavy atom. The molecule has 25 heavy (non-hydrogen) atoms. The van der Waals surface area contributed by atoms with Crippen molar-refractivity contribution in [1.29, 1.82) is 0 Å². The number of halogens is 1. The maximum absolute atomic E-state index is 11.7. The molecule has 1 aromatic rings. The first-order chi connectivity index (χ1) is 11.6. The lowest BCUT2D eigenvalue weighted by molar-refractivity contribution is 0.0963. The van der Waals surface area contributed by atoms with Gasteiger partial charge in [0.2, 0.25) is 0 Å². The van der Waals surface area contributed by atoms with Crippen LogP contribution in [0.1, 0.15) is 32.3 Å². The molecule has 1 aromatic heterocycles. The number of carbonyl (C=O) groups excluding carboxylic acids is 1. The second-order valence-corrected chi connectivity index (χ2v) is 5.82. The van der Waals surface area contributed by atoms with E-state index in [1.54, 1.807) is 9.58 Å². The summed E-state index contributed by atoms with van der Waals surface area (Å²) in [5, 5.41) is 10.9. The lowest BCUT2D eigenvalue weighted by Gasteiger charge is -2.32. The average Bonchev–Trinajstić information content (AvgIpc) is 2.99. The summed E-state index contributed by atoms with van der Waals surface area (Å²) in [7, 11) is 1.90. The minimum atomic E-state index is -0.215. The molecule has 2 rings (SSSR count). The van der Waals surface area contributed by atoms with E-state index in [2.05, 4.69) is 20.7 Å². The number of aromatic nitrogens is 2. The largest absolute Gasteiger partial charge is 0.450 e. The number of hydrogen-bond acceptors (Lipinski definition) is 4. The van der Waals surface area contributed by atoms with Crippen LogP contribution in [0.3, 0.4) is 0 Å². The number of rotatable bonds is 5. The number of nitrogens with zero attached hydrogens (tertiary/aromatic N) is 4. The molecule has 0 atom stereocenters. The normalized spacial score (nSPS) is 15.5. The Hall–Kier alpha value is -1.52. The maximum atomic E-state index is 11.7. The van der Waals surface area contributed by atoms with Gasteiger partial charge in [0.05, 0.1) is 19.3 Å². The molecular weight excluding hydrogens is 435 g/mol. The molecule has 0 aromatic carbocycles. The number of nitrogens with one attached hydrogen (secondary N) is 2. The molecule has 1 fully saturated rings. The third kappa shape index (κ3) is 7.09. The van der Waals surface area contributed by atoms with Crippen LogP contribution < -0.4 is 10.6 Å². The highest BCUT2D eigenvalue weighted by atomic mass is 127. The molecule has 0 saturated carbocycles. The van der Waals surface area contributed by atoms with Gasteiger partial charge in [0.25, 0.3) is 0 Å². The zero-order valence-corrected chi connectivity index (χ0v) is 17.5. The minimum absolute atomic E-state index is 0. The fraction of sp³-hybridized carbons (Fsp3) is 0.688. The standard InChI is InChI=1S/C16H28N6O2.HI/c1-4-17-15(18-10-13-11-19-21(3)12-13)20-14-6-8-22(9-7-14)16(23)24-5-2;/h11-12,14H,4-10H2,1-3H3,(H2,17,18,20);1H. The van der Waals surface area contributed by atoms with Crippen molar-refractivity contribution in [2.24, 2.45) is 12.0 Å². The Labute approximate surface area is 166 Å². The van der Waals surface area contributed by atoms with Gasteiger partial charge in [-0.25, -0.2) is 9.79 Å². The van der Waals surface area contributed by atoms with E-state index in [0.717, 1.165) is 30.9 Å². The van der Waals surface area contributed by atoms with Crippen molar-refractivity contribution in [2.75, 3.05) is 26.2 Å². The molecule has 1 aliphatic heterocycles. The van der Waals surface area contributed by atoms with Crippen LogP contribution in [0.5, 0.6) is 0 Å². The van der Waals surface area contributed by atoms with E-state index in [1.807, 2.05) is 33.3 Å². The predicted molar refractivity (Wildman–Crippen MR) is 108 cm³/mol. The Bertz CT molecular complexity index is 555. The number of guanidine groups is 1. The smallest absolute Gasteiger partial charge is 0.409 e. The molecular formula is C16H29IN6O2. The number of carbonyl (C=O) groups is 1. The Balaban J connectivity index is 0.00000312. The fourth-order valence-corrected chi connectivity index (χ4v) is 2.66. The van der Waals surface area contributed by atoms with Crippen molar-refractivity contribution in [3.63, 3.8) is 0 Å². The molecule has 8 nitrogen and oxygen atoms in total.